The quantitative estimate of drug-likeness (QED) is 0.921. The number of aromatic nitrogens is 1. The van der Waals surface area contributed by atoms with Crippen LogP contribution in [-0.4, -0.2) is 12.0 Å². The largest absolute Gasteiger partial charge is 0.315 e. The van der Waals surface area contributed by atoms with E-state index in [1.165, 1.54) is 11.3 Å². The molecule has 96 valence electrons. The van der Waals surface area contributed by atoms with Crippen molar-refractivity contribution in [2.75, 3.05) is 7.05 Å². The van der Waals surface area contributed by atoms with Crippen LogP contribution in [0.15, 0.2) is 18.2 Å². The Morgan fingerprint density at radius 3 is 2.89 bits per heavy atom. The zero-order valence-corrected chi connectivity index (χ0v) is 11.8. The summed E-state index contributed by atoms with van der Waals surface area (Å²) in [6.45, 7) is 2.80. The number of hydrogen-bond acceptors (Lipinski definition) is 3. The number of thiazole rings is 1. The Morgan fingerprint density at radius 2 is 2.22 bits per heavy atom. The summed E-state index contributed by atoms with van der Waals surface area (Å²) in [5, 5.41) is 3.93. The number of halogens is 2. The lowest BCUT2D eigenvalue weighted by atomic mass is 10.2. The van der Waals surface area contributed by atoms with Crippen molar-refractivity contribution in [2.24, 2.45) is 0 Å². The number of rotatable bonds is 4. The molecule has 0 radical (unpaired) electrons. The minimum atomic E-state index is -0.397. The van der Waals surface area contributed by atoms with Crippen LogP contribution in [0.3, 0.4) is 0 Å². The summed E-state index contributed by atoms with van der Waals surface area (Å²) in [6.07, 6.45) is 0.843. The molecule has 0 aliphatic carbocycles. The minimum Gasteiger partial charge on any atom is -0.315 e. The van der Waals surface area contributed by atoms with E-state index < -0.39 is 5.82 Å². The van der Waals surface area contributed by atoms with Gasteiger partial charge in [-0.05, 0) is 25.6 Å². The molecule has 2 rings (SSSR count). The highest BCUT2D eigenvalue weighted by atomic mass is 35.5. The van der Waals surface area contributed by atoms with Crippen LogP contribution < -0.4 is 5.32 Å². The first kappa shape index (κ1) is 13.5. The first-order valence-corrected chi connectivity index (χ1v) is 6.94. The van der Waals surface area contributed by atoms with Crippen molar-refractivity contribution in [2.45, 2.75) is 19.9 Å². The van der Waals surface area contributed by atoms with Gasteiger partial charge in [0.05, 0.1) is 10.7 Å². The first-order chi connectivity index (χ1) is 8.67. The molecule has 0 unspecified atom stereocenters. The Bertz CT molecular complexity index is 554. The molecule has 18 heavy (non-hydrogen) atoms. The fourth-order valence-electron chi connectivity index (χ4n) is 1.74. The maximum absolute atomic E-state index is 13.9. The van der Waals surface area contributed by atoms with E-state index in [9.17, 15) is 4.39 Å². The van der Waals surface area contributed by atoms with E-state index in [0.29, 0.717) is 10.6 Å². The Balaban J connectivity index is 2.47. The van der Waals surface area contributed by atoms with Gasteiger partial charge in [0.2, 0.25) is 0 Å². The summed E-state index contributed by atoms with van der Waals surface area (Å²) in [5.41, 5.74) is 1.49. The molecule has 0 bridgehead atoms. The van der Waals surface area contributed by atoms with Gasteiger partial charge in [-0.2, -0.15) is 0 Å². The molecule has 1 N–H and O–H groups in total. The summed E-state index contributed by atoms with van der Waals surface area (Å²) in [5.74, 6) is -0.397. The maximum atomic E-state index is 13.9. The van der Waals surface area contributed by atoms with Crippen LogP contribution in [0.25, 0.3) is 10.6 Å². The highest BCUT2D eigenvalue weighted by Crippen LogP contribution is 2.32. The summed E-state index contributed by atoms with van der Waals surface area (Å²) < 4.78 is 13.9. The zero-order valence-electron chi connectivity index (χ0n) is 10.3. The van der Waals surface area contributed by atoms with Crippen molar-refractivity contribution >= 4 is 22.9 Å². The molecular formula is C13H14ClFN2S. The molecule has 1 aromatic heterocycles. The normalized spacial score (nSPS) is 10.9. The highest BCUT2D eigenvalue weighted by molar-refractivity contribution is 7.15. The zero-order chi connectivity index (χ0) is 13.1. The number of aryl methyl sites for hydroxylation is 1. The third-order valence-corrected chi connectivity index (χ3v) is 4.06. The second-order valence-electron chi connectivity index (χ2n) is 3.87. The lowest BCUT2D eigenvalue weighted by Gasteiger charge is -1.99. The van der Waals surface area contributed by atoms with Gasteiger partial charge in [-0.25, -0.2) is 9.37 Å². The molecular weight excluding hydrogens is 271 g/mol. The van der Waals surface area contributed by atoms with E-state index in [2.05, 4.69) is 10.3 Å². The van der Waals surface area contributed by atoms with Crippen LogP contribution in [0, 0.1) is 5.82 Å². The Morgan fingerprint density at radius 1 is 1.44 bits per heavy atom. The van der Waals surface area contributed by atoms with Crippen LogP contribution in [0.2, 0.25) is 5.02 Å². The van der Waals surface area contributed by atoms with Crippen LogP contribution in [0.4, 0.5) is 4.39 Å². The number of benzene rings is 1. The van der Waals surface area contributed by atoms with E-state index in [-0.39, 0.29) is 5.02 Å². The van der Waals surface area contributed by atoms with E-state index >= 15 is 0 Å². The lowest BCUT2D eigenvalue weighted by molar-refractivity contribution is 0.631. The monoisotopic (exact) mass is 284 g/mol. The fraction of sp³-hybridized carbons (Fsp3) is 0.308. The van der Waals surface area contributed by atoms with E-state index in [0.717, 1.165) is 23.5 Å². The van der Waals surface area contributed by atoms with Crippen molar-refractivity contribution < 1.29 is 4.39 Å². The van der Waals surface area contributed by atoms with Crippen molar-refractivity contribution in [1.29, 1.82) is 0 Å². The predicted octanol–water partition coefficient (Wildman–Crippen LogP) is 3.88. The first-order valence-electron chi connectivity index (χ1n) is 5.75. The minimum absolute atomic E-state index is 0.135. The van der Waals surface area contributed by atoms with Crippen molar-refractivity contribution in [3.63, 3.8) is 0 Å². The topological polar surface area (TPSA) is 24.9 Å². The van der Waals surface area contributed by atoms with Gasteiger partial charge in [-0.3, -0.25) is 0 Å². The van der Waals surface area contributed by atoms with Crippen LogP contribution in [0.5, 0.6) is 0 Å². The van der Waals surface area contributed by atoms with Crippen molar-refractivity contribution in [3.8, 4) is 10.6 Å². The van der Waals surface area contributed by atoms with Gasteiger partial charge in [0.15, 0.2) is 5.82 Å². The van der Waals surface area contributed by atoms with Gasteiger partial charge >= 0.3 is 0 Å². The fourth-order valence-corrected chi connectivity index (χ4v) is 3.10. The van der Waals surface area contributed by atoms with Gasteiger partial charge < -0.3 is 5.32 Å². The van der Waals surface area contributed by atoms with Crippen molar-refractivity contribution in [1.82, 2.24) is 10.3 Å². The molecule has 5 heteroatoms. The second-order valence-corrected chi connectivity index (χ2v) is 5.36. The van der Waals surface area contributed by atoms with Gasteiger partial charge in [0.25, 0.3) is 0 Å². The van der Waals surface area contributed by atoms with E-state index in [1.807, 2.05) is 14.0 Å². The summed E-state index contributed by atoms with van der Waals surface area (Å²) >= 11 is 7.31. The Labute approximate surface area is 115 Å². The van der Waals surface area contributed by atoms with Gasteiger partial charge in [-0.15, -0.1) is 11.3 Å². The molecule has 1 aromatic carbocycles. The summed E-state index contributed by atoms with van der Waals surface area (Å²) in [4.78, 5) is 5.65. The maximum Gasteiger partial charge on any atom is 0.152 e. The van der Waals surface area contributed by atoms with Crippen LogP contribution in [-0.2, 0) is 13.0 Å². The molecule has 2 aromatic rings. The summed E-state index contributed by atoms with van der Waals surface area (Å²) in [6, 6.07) is 5.00. The highest BCUT2D eigenvalue weighted by Gasteiger charge is 2.15. The average molecular weight is 285 g/mol. The smallest absolute Gasteiger partial charge is 0.152 e. The molecule has 0 aliphatic rings. The number of nitrogens with one attached hydrogen (secondary N) is 1. The summed E-state index contributed by atoms with van der Waals surface area (Å²) in [7, 11) is 1.89. The van der Waals surface area contributed by atoms with Crippen molar-refractivity contribution in [3.05, 3.63) is 39.6 Å². The molecule has 0 spiro atoms. The predicted molar refractivity (Wildman–Crippen MR) is 74.7 cm³/mol. The number of hydrogen-bond donors (Lipinski definition) is 1. The molecule has 0 atom stereocenters. The second kappa shape index (κ2) is 5.78. The molecule has 0 aliphatic heterocycles. The van der Waals surface area contributed by atoms with Crippen LogP contribution >= 0.6 is 22.9 Å². The number of nitrogens with zero attached hydrogens (tertiary/aromatic N) is 1. The van der Waals surface area contributed by atoms with Gasteiger partial charge in [0.1, 0.15) is 5.01 Å². The standard InChI is InChI=1S/C13H14ClFN2S/c1-3-10-11(7-16-2)18-13(17-10)8-5-4-6-9(14)12(8)15/h4-6,16H,3,7H2,1-2H3. The molecule has 0 fully saturated rings. The lowest BCUT2D eigenvalue weighted by Crippen LogP contribution is -2.05. The molecule has 1 heterocycles. The van der Waals surface area contributed by atoms with Gasteiger partial charge in [-0.1, -0.05) is 24.6 Å². The third-order valence-electron chi connectivity index (χ3n) is 2.63. The molecule has 2 nitrogen and oxygen atoms in total. The van der Waals surface area contributed by atoms with E-state index in [1.54, 1.807) is 18.2 Å². The van der Waals surface area contributed by atoms with Gasteiger partial charge in [0, 0.05) is 17.0 Å². The SMILES string of the molecule is CCc1nc(-c2cccc(Cl)c2F)sc1CNC. The molecule has 0 saturated carbocycles. The van der Waals surface area contributed by atoms with Crippen LogP contribution in [0.1, 0.15) is 17.5 Å². The Kier molecular flexibility index (Phi) is 4.32. The third kappa shape index (κ3) is 2.55. The average Bonchev–Trinajstić information content (AvgIpc) is 2.76. The molecule has 0 saturated heterocycles. The van der Waals surface area contributed by atoms with E-state index in [4.69, 9.17) is 11.6 Å². The molecule has 0 amide bonds. The Hall–Kier alpha value is -0.970.